The molecule has 3 N–H and O–H groups in total. The summed E-state index contributed by atoms with van der Waals surface area (Å²) in [6.07, 6.45) is 2.43. The number of nitriles is 1. The molecule has 1 atom stereocenters. The highest BCUT2D eigenvalue weighted by Crippen LogP contribution is 2.21. The van der Waals surface area contributed by atoms with Crippen molar-refractivity contribution in [3.63, 3.8) is 0 Å². The van der Waals surface area contributed by atoms with Gasteiger partial charge < -0.3 is 11.1 Å². The lowest BCUT2D eigenvalue weighted by Gasteiger charge is -2.12. The summed E-state index contributed by atoms with van der Waals surface area (Å²) in [6, 6.07) is 4.81. The van der Waals surface area contributed by atoms with Crippen molar-refractivity contribution >= 4 is 29.0 Å². The van der Waals surface area contributed by atoms with Crippen molar-refractivity contribution in [1.82, 2.24) is 0 Å². The number of carbonyl (C=O) groups is 1. The second kappa shape index (κ2) is 7.47. The van der Waals surface area contributed by atoms with Crippen molar-refractivity contribution in [2.75, 3.05) is 17.3 Å². The van der Waals surface area contributed by atoms with Gasteiger partial charge in [0.2, 0.25) is 5.91 Å². The van der Waals surface area contributed by atoms with E-state index in [0.29, 0.717) is 6.42 Å². The van der Waals surface area contributed by atoms with Crippen LogP contribution in [0, 0.1) is 21.4 Å². The van der Waals surface area contributed by atoms with Crippen LogP contribution < -0.4 is 11.1 Å². The van der Waals surface area contributed by atoms with Crippen LogP contribution in [-0.2, 0) is 4.79 Å². The zero-order valence-corrected chi connectivity index (χ0v) is 11.6. The standard InChI is InChI=1S/C12H14N4O3S/c1-20-5-4-10(14)12(17)15-11-3-2-9(16(18)19)6-8(11)7-13/h2-3,6,10H,4-5,14H2,1H3,(H,15,17)/t10-/m1/s1. The highest BCUT2D eigenvalue weighted by Gasteiger charge is 2.16. The Kier molecular flexibility index (Phi) is 5.96. The quantitative estimate of drug-likeness (QED) is 0.605. The molecule has 106 valence electrons. The molecule has 0 aromatic heterocycles. The molecule has 0 spiro atoms. The van der Waals surface area contributed by atoms with Crippen LogP contribution in [0.15, 0.2) is 18.2 Å². The molecule has 0 saturated heterocycles. The van der Waals surface area contributed by atoms with Gasteiger partial charge in [0.25, 0.3) is 5.69 Å². The summed E-state index contributed by atoms with van der Waals surface area (Å²) in [5, 5.41) is 22.1. The maximum absolute atomic E-state index is 11.8. The number of nitro groups is 1. The monoisotopic (exact) mass is 294 g/mol. The molecule has 0 saturated carbocycles. The molecule has 0 aliphatic carbocycles. The van der Waals surface area contributed by atoms with Crippen LogP contribution >= 0.6 is 11.8 Å². The number of anilines is 1. The number of hydrogen-bond donors (Lipinski definition) is 2. The lowest BCUT2D eigenvalue weighted by molar-refractivity contribution is -0.384. The Balaban J connectivity index is 2.85. The maximum atomic E-state index is 11.8. The average molecular weight is 294 g/mol. The molecule has 0 aliphatic heterocycles. The first-order valence-electron chi connectivity index (χ1n) is 5.73. The summed E-state index contributed by atoms with van der Waals surface area (Å²) in [6.45, 7) is 0. The summed E-state index contributed by atoms with van der Waals surface area (Å²) in [7, 11) is 0. The smallest absolute Gasteiger partial charge is 0.270 e. The third kappa shape index (κ3) is 4.22. The van der Waals surface area contributed by atoms with Gasteiger partial charge in [-0.1, -0.05) is 0 Å². The predicted octanol–water partition coefficient (Wildman–Crippen LogP) is 1.49. The molecule has 20 heavy (non-hydrogen) atoms. The van der Waals surface area contributed by atoms with E-state index in [2.05, 4.69) is 5.32 Å². The summed E-state index contributed by atoms with van der Waals surface area (Å²) in [4.78, 5) is 21.8. The van der Waals surface area contributed by atoms with Gasteiger partial charge in [-0.05, 0) is 24.5 Å². The summed E-state index contributed by atoms with van der Waals surface area (Å²) < 4.78 is 0. The molecule has 1 aromatic carbocycles. The molecule has 0 unspecified atom stereocenters. The number of nitrogens with zero attached hydrogens (tertiary/aromatic N) is 2. The predicted molar refractivity (Wildman–Crippen MR) is 77.4 cm³/mol. The molecule has 1 aromatic rings. The minimum atomic E-state index is -0.677. The molecule has 0 radical (unpaired) electrons. The van der Waals surface area contributed by atoms with Crippen molar-refractivity contribution in [3.8, 4) is 6.07 Å². The Morgan fingerprint density at radius 1 is 1.65 bits per heavy atom. The van der Waals surface area contributed by atoms with E-state index in [4.69, 9.17) is 11.0 Å². The van der Waals surface area contributed by atoms with Crippen LogP contribution in [-0.4, -0.2) is 28.9 Å². The van der Waals surface area contributed by atoms with Gasteiger partial charge in [-0.15, -0.1) is 0 Å². The van der Waals surface area contributed by atoms with Crippen LogP contribution in [0.25, 0.3) is 0 Å². The third-order valence-corrected chi connectivity index (χ3v) is 3.21. The first kappa shape index (κ1) is 15.9. The average Bonchev–Trinajstić information content (AvgIpc) is 2.44. The molecule has 0 fully saturated rings. The van der Waals surface area contributed by atoms with Gasteiger partial charge in [0.1, 0.15) is 6.07 Å². The number of non-ortho nitro benzene ring substituents is 1. The van der Waals surface area contributed by atoms with Crippen LogP contribution in [0.4, 0.5) is 11.4 Å². The molecule has 0 aliphatic rings. The van der Waals surface area contributed by atoms with Crippen LogP contribution in [0.1, 0.15) is 12.0 Å². The Morgan fingerprint density at radius 2 is 2.35 bits per heavy atom. The molecule has 0 bridgehead atoms. The molecular formula is C12H14N4O3S. The van der Waals surface area contributed by atoms with Gasteiger partial charge in [-0.2, -0.15) is 17.0 Å². The third-order valence-electron chi connectivity index (χ3n) is 2.56. The van der Waals surface area contributed by atoms with E-state index >= 15 is 0 Å². The van der Waals surface area contributed by atoms with Gasteiger partial charge in [0.15, 0.2) is 0 Å². The molecule has 7 nitrogen and oxygen atoms in total. The highest BCUT2D eigenvalue weighted by atomic mass is 32.2. The number of benzene rings is 1. The second-order valence-corrected chi connectivity index (χ2v) is 4.96. The Morgan fingerprint density at radius 3 is 2.90 bits per heavy atom. The topological polar surface area (TPSA) is 122 Å². The van der Waals surface area contributed by atoms with Crippen molar-refractivity contribution in [3.05, 3.63) is 33.9 Å². The first-order chi connectivity index (χ1) is 9.49. The highest BCUT2D eigenvalue weighted by molar-refractivity contribution is 7.98. The fourth-order valence-corrected chi connectivity index (χ4v) is 1.94. The van der Waals surface area contributed by atoms with Gasteiger partial charge in [-0.3, -0.25) is 14.9 Å². The zero-order chi connectivity index (χ0) is 15.1. The van der Waals surface area contributed by atoms with Crippen molar-refractivity contribution in [2.45, 2.75) is 12.5 Å². The Bertz CT molecular complexity index is 556. The number of rotatable bonds is 6. The van der Waals surface area contributed by atoms with Crippen LogP contribution in [0.5, 0.6) is 0 Å². The number of thioether (sulfide) groups is 1. The molecular weight excluding hydrogens is 280 g/mol. The fraction of sp³-hybridized carbons (Fsp3) is 0.333. The lowest BCUT2D eigenvalue weighted by Crippen LogP contribution is -2.36. The molecule has 1 rings (SSSR count). The first-order valence-corrected chi connectivity index (χ1v) is 7.13. The molecule has 1 amide bonds. The largest absolute Gasteiger partial charge is 0.324 e. The second-order valence-electron chi connectivity index (χ2n) is 3.98. The van der Waals surface area contributed by atoms with Gasteiger partial charge in [0, 0.05) is 12.1 Å². The van der Waals surface area contributed by atoms with E-state index in [9.17, 15) is 14.9 Å². The Labute approximate surface area is 120 Å². The van der Waals surface area contributed by atoms with E-state index in [1.807, 2.05) is 12.3 Å². The summed E-state index contributed by atoms with van der Waals surface area (Å²) >= 11 is 1.58. The van der Waals surface area contributed by atoms with Gasteiger partial charge in [-0.25, -0.2) is 0 Å². The fourth-order valence-electron chi connectivity index (χ4n) is 1.45. The normalized spacial score (nSPS) is 11.4. The minimum absolute atomic E-state index is 0.0321. The SMILES string of the molecule is CSCC[C@@H](N)C(=O)Nc1ccc([N+](=O)[O-])cc1C#N. The maximum Gasteiger partial charge on any atom is 0.270 e. The van der Waals surface area contributed by atoms with E-state index in [0.717, 1.165) is 11.8 Å². The minimum Gasteiger partial charge on any atom is -0.324 e. The summed E-state index contributed by atoms with van der Waals surface area (Å²) in [5.74, 6) is 0.337. The lowest BCUT2D eigenvalue weighted by atomic mass is 10.1. The number of nitro benzene ring substituents is 1. The van der Waals surface area contributed by atoms with Crippen LogP contribution in [0.3, 0.4) is 0 Å². The van der Waals surface area contributed by atoms with E-state index in [-0.39, 0.29) is 16.9 Å². The number of nitrogens with one attached hydrogen (secondary N) is 1. The number of nitrogens with two attached hydrogens (primary N) is 1. The van der Waals surface area contributed by atoms with Gasteiger partial charge in [0.05, 0.1) is 22.2 Å². The number of amides is 1. The van der Waals surface area contributed by atoms with Crippen molar-refractivity contribution < 1.29 is 9.72 Å². The molecule has 8 heteroatoms. The summed E-state index contributed by atoms with van der Waals surface area (Å²) in [5.41, 5.74) is 5.76. The number of carbonyl (C=O) groups excluding carboxylic acids is 1. The number of hydrogen-bond acceptors (Lipinski definition) is 6. The zero-order valence-electron chi connectivity index (χ0n) is 10.8. The Hall–Kier alpha value is -2.11. The van der Waals surface area contributed by atoms with Gasteiger partial charge >= 0.3 is 0 Å². The van der Waals surface area contributed by atoms with Crippen LogP contribution in [0.2, 0.25) is 0 Å². The van der Waals surface area contributed by atoms with Crippen molar-refractivity contribution in [2.24, 2.45) is 5.73 Å². The van der Waals surface area contributed by atoms with E-state index in [1.54, 1.807) is 11.8 Å². The molecule has 0 heterocycles. The van der Waals surface area contributed by atoms with E-state index < -0.39 is 16.9 Å². The van der Waals surface area contributed by atoms with E-state index in [1.165, 1.54) is 12.1 Å². The van der Waals surface area contributed by atoms with Crippen molar-refractivity contribution in [1.29, 1.82) is 5.26 Å².